The van der Waals surface area contributed by atoms with Crippen LogP contribution in [0.5, 0.6) is 5.75 Å². The van der Waals surface area contributed by atoms with Crippen LogP contribution in [0.2, 0.25) is 0 Å². The van der Waals surface area contributed by atoms with Crippen molar-refractivity contribution in [2.24, 2.45) is 0 Å². The fraction of sp³-hybridized carbons (Fsp3) is 0.286. The molecule has 0 bridgehead atoms. The lowest BCUT2D eigenvalue weighted by Crippen LogP contribution is -2.42. The van der Waals surface area contributed by atoms with Crippen LogP contribution in [0, 0.1) is 22.7 Å². The number of nitrogens with zero attached hydrogens (tertiary/aromatic N) is 3. The fourth-order valence-corrected chi connectivity index (χ4v) is 3.31. The van der Waals surface area contributed by atoms with Gasteiger partial charge in [-0.1, -0.05) is 0 Å². The summed E-state index contributed by atoms with van der Waals surface area (Å²) < 4.78 is 90.5. The Morgan fingerprint density at radius 2 is 1.74 bits per heavy atom. The van der Waals surface area contributed by atoms with Crippen molar-refractivity contribution in [2.45, 2.75) is 24.7 Å². The number of carbonyl (C=O) groups is 1. The lowest BCUT2D eigenvalue weighted by molar-refractivity contribution is -0.212. The number of nitrogens with one attached hydrogen (secondary N) is 1. The largest absolute Gasteiger partial charge is 0.495 e. The third kappa shape index (κ3) is 5.00. The van der Waals surface area contributed by atoms with Crippen LogP contribution in [-0.2, 0) is 15.7 Å². The van der Waals surface area contributed by atoms with Gasteiger partial charge in [-0.3, -0.25) is 4.79 Å². The molecule has 1 saturated heterocycles. The highest BCUT2D eigenvalue weighted by molar-refractivity contribution is 5.95. The van der Waals surface area contributed by atoms with E-state index >= 15 is 0 Å². The minimum atomic E-state index is -5.04. The lowest BCUT2D eigenvalue weighted by atomic mass is 10.1. The molecule has 2 atom stereocenters. The summed E-state index contributed by atoms with van der Waals surface area (Å²) >= 11 is 0. The number of methoxy groups -OCH3 is 1. The number of benzene rings is 2. The third-order valence-electron chi connectivity index (χ3n) is 4.86. The molecule has 1 heterocycles. The normalized spacial score (nSPS) is 18.2. The predicted molar refractivity (Wildman–Crippen MR) is 105 cm³/mol. The maximum absolute atomic E-state index is 13.6. The Hall–Kier alpha value is -3.97. The first-order valence-electron chi connectivity index (χ1n) is 9.38. The minimum Gasteiger partial charge on any atom is -0.495 e. The molecule has 0 radical (unpaired) electrons. The molecule has 0 aliphatic carbocycles. The smallest absolute Gasteiger partial charge is 0.433 e. The Balaban J connectivity index is 1.90. The monoisotopic (exact) mass is 484 g/mol. The molecule has 0 aromatic heterocycles. The van der Waals surface area contributed by atoms with Crippen molar-refractivity contribution in [3.05, 3.63) is 53.1 Å². The van der Waals surface area contributed by atoms with Crippen LogP contribution >= 0.6 is 0 Å². The Morgan fingerprint density at radius 1 is 1.09 bits per heavy atom. The van der Waals surface area contributed by atoms with Gasteiger partial charge in [0.05, 0.1) is 36.4 Å². The Morgan fingerprint density at radius 3 is 2.29 bits per heavy atom. The molecule has 3 rings (SSSR count). The standard InChI is InChI=1S/C21H14F6N4O3/c1-33-16-6-13(4-2-12(16)9-29)30-18(32)17-10-31(19(34-17)21(25,26)27)14-5-3-11(8-28)15(7-14)20(22,23)24/h2-7,17,19H,10H2,1H3,(H,30,32). The first kappa shape index (κ1) is 24.7. The summed E-state index contributed by atoms with van der Waals surface area (Å²) in [6.07, 6.45) is -14.4. The number of rotatable bonds is 4. The maximum atomic E-state index is 13.6. The summed E-state index contributed by atoms with van der Waals surface area (Å²) in [5, 5.41) is 20.2. The first-order valence-corrected chi connectivity index (χ1v) is 9.38. The van der Waals surface area contributed by atoms with E-state index in [1.165, 1.54) is 31.4 Å². The molecule has 7 nitrogen and oxygen atoms in total. The van der Waals surface area contributed by atoms with E-state index in [1.54, 1.807) is 0 Å². The summed E-state index contributed by atoms with van der Waals surface area (Å²) in [5.74, 6) is -0.882. The van der Waals surface area contributed by atoms with Gasteiger partial charge in [0, 0.05) is 17.4 Å². The molecule has 178 valence electrons. The number of amides is 1. The predicted octanol–water partition coefficient (Wildman–Crippen LogP) is 4.19. The molecule has 0 saturated carbocycles. The molecule has 1 N–H and O–H groups in total. The Kier molecular flexibility index (Phi) is 6.61. The number of carbonyl (C=O) groups excluding carboxylic acids is 1. The molecule has 1 fully saturated rings. The summed E-state index contributed by atoms with van der Waals surface area (Å²) in [5.41, 5.74) is -2.44. The van der Waals surface area contributed by atoms with E-state index in [1.807, 2.05) is 6.07 Å². The Bertz CT molecular complexity index is 1180. The number of hydrogen-bond donors (Lipinski definition) is 1. The zero-order valence-electron chi connectivity index (χ0n) is 17.2. The summed E-state index contributed by atoms with van der Waals surface area (Å²) in [6.45, 7) is -0.716. The molecule has 1 amide bonds. The third-order valence-corrected chi connectivity index (χ3v) is 4.86. The summed E-state index contributed by atoms with van der Waals surface area (Å²) in [7, 11) is 1.28. The molecule has 2 aromatic carbocycles. The van der Waals surface area contributed by atoms with Gasteiger partial charge in [0.2, 0.25) is 6.23 Å². The van der Waals surface area contributed by atoms with Crippen molar-refractivity contribution in [3.63, 3.8) is 0 Å². The highest BCUT2D eigenvalue weighted by Crippen LogP contribution is 2.39. The SMILES string of the molecule is COc1cc(NC(=O)C2CN(c3ccc(C#N)c(C(F)(F)F)c3)C(C(F)(F)F)O2)ccc1C#N. The zero-order chi connectivity index (χ0) is 25.3. The van der Waals surface area contributed by atoms with E-state index in [0.717, 1.165) is 12.1 Å². The number of anilines is 2. The van der Waals surface area contributed by atoms with E-state index in [4.69, 9.17) is 20.0 Å². The van der Waals surface area contributed by atoms with Crippen molar-refractivity contribution >= 4 is 17.3 Å². The molecular weight excluding hydrogens is 470 g/mol. The summed E-state index contributed by atoms with van der Waals surface area (Å²) in [4.78, 5) is 13.1. The van der Waals surface area contributed by atoms with Gasteiger partial charge < -0.3 is 19.7 Å². The van der Waals surface area contributed by atoms with Crippen LogP contribution in [-0.4, -0.2) is 38.1 Å². The number of alkyl halides is 6. The fourth-order valence-electron chi connectivity index (χ4n) is 3.31. The van der Waals surface area contributed by atoms with Gasteiger partial charge in [-0.2, -0.15) is 36.9 Å². The first-order chi connectivity index (χ1) is 15.9. The minimum absolute atomic E-state index is 0.101. The van der Waals surface area contributed by atoms with Crippen molar-refractivity contribution in [1.29, 1.82) is 10.5 Å². The van der Waals surface area contributed by atoms with Crippen LogP contribution in [0.1, 0.15) is 16.7 Å². The van der Waals surface area contributed by atoms with Crippen molar-refractivity contribution in [1.82, 2.24) is 0 Å². The number of halogens is 6. The van der Waals surface area contributed by atoms with Gasteiger partial charge in [-0.15, -0.1) is 0 Å². The average molecular weight is 484 g/mol. The molecule has 13 heteroatoms. The summed E-state index contributed by atoms with van der Waals surface area (Å²) in [6, 6.07) is 9.21. The van der Waals surface area contributed by atoms with Crippen molar-refractivity contribution < 1.29 is 40.6 Å². The van der Waals surface area contributed by atoms with Gasteiger partial charge in [-0.05, 0) is 30.3 Å². The molecule has 2 unspecified atom stereocenters. The van der Waals surface area contributed by atoms with Crippen molar-refractivity contribution in [3.8, 4) is 17.9 Å². The second-order valence-electron chi connectivity index (χ2n) is 7.03. The topological polar surface area (TPSA) is 98.4 Å². The van der Waals surface area contributed by atoms with Crippen molar-refractivity contribution in [2.75, 3.05) is 23.9 Å². The Labute approximate surface area is 188 Å². The molecular formula is C21H14F6N4O3. The van der Waals surface area contributed by atoms with Crippen LogP contribution in [0.25, 0.3) is 0 Å². The molecule has 1 aliphatic heterocycles. The average Bonchev–Trinajstić information content (AvgIpc) is 3.24. The van der Waals surface area contributed by atoms with E-state index in [2.05, 4.69) is 5.32 Å². The zero-order valence-corrected chi connectivity index (χ0v) is 17.2. The molecule has 34 heavy (non-hydrogen) atoms. The quantitative estimate of drug-likeness (QED) is 0.654. The van der Waals surface area contributed by atoms with Crippen LogP contribution in [0.15, 0.2) is 36.4 Å². The second kappa shape index (κ2) is 9.11. The number of nitriles is 2. The number of ether oxygens (including phenoxy) is 2. The van der Waals surface area contributed by atoms with Gasteiger partial charge in [-0.25, -0.2) is 0 Å². The van der Waals surface area contributed by atoms with E-state index < -0.39 is 54.0 Å². The van der Waals surface area contributed by atoms with Gasteiger partial charge in [0.1, 0.15) is 11.8 Å². The highest BCUT2D eigenvalue weighted by atomic mass is 19.4. The van der Waals surface area contributed by atoms with Crippen LogP contribution in [0.3, 0.4) is 0 Å². The maximum Gasteiger partial charge on any atom is 0.433 e. The lowest BCUT2D eigenvalue weighted by Gasteiger charge is -2.27. The van der Waals surface area contributed by atoms with Crippen LogP contribution in [0.4, 0.5) is 37.7 Å². The van der Waals surface area contributed by atoms with E-state index in [-0.39, 0.29) is 17.0 Å². The van der Waals surface area contributed by atoms with Gasteiger partial charge >= 0.3 is 12.4 Å². The molecule has 1 aliphatic rings. The molecule has 0 spiro atoms. The second-order valence-corrected chi connectivity index (χ2v) is 7.03. The highest BCUT2D eigenvalue weighted by Gasteiger charge is 2.52. The number of hydrogen-bond acceptors (Lipinski definition) is 6. The van der Waals surface area contributed by atoms with Gasteiger partial charge in [0.25, 0.3) is 5.91 Å². The van der Waals surface area contributed by atoms with E-state index in [9.17, 15) is 31.1 Å². The molecule has 2 aromatic rings. The van der Waals surface area contributed by atoms with Crippen LogP contribution < -0.4 is 15.0 Å². The van der Waals surface area contributed by atoms with Gasteiger partial charge in [0.15, 0.2) is 6.10 Å². The van der Waals surface area contributed by atoms with E-state index in [0.29, 0.717) is 11.0 Å².